The van der Waals surface area contributed by atoms with Crippen molar-refractivity contribution in [3.05, 3.63) is 30.1 Å². The molecule has 1 aromatic heterocycles. The van der Waals surface area contributed by atoms with E-state index in [0.29, 0.717) is 5.92 Å². The van der Waals surface area contributed by atoms with Crippen LogP contribution in [0.3, 0.4) is 0 Å². The molecule has 19 heavy (non-hydrogen) atoms. The zero-order valence-corrected chi connectivity index (χ0v) is 12.2. The molecule has 0 saturated heterocycles. The van der Waals surface area contributed by atoms with Gasteiger partial charge >= 0.3 is 6.03 Å². The van der Waals surface area contributed by atoms with Crippen LogP contribution in [-0.4, -0.2) is 32.4 Å². The summed E-state index contributed by atoms with van der Waals surface area (Å²) >= 11 is 0. The Morgan fingerprint density at radius 3 is 2.42 bits per heavy atom. The van der Waals surface area contributed by atoms with E-state index in [1.807, 2.05) is 20.8 Å². The minimum Gasteiger partial charge on any atom is -0.245 e. The van der Waals surface area contributed by atoms with Gasteiger partial charge in [0, 0.05) is 25.2 Å². The van der Waals surface area contributed by atoms with E-state index in [-0.39, 0.29) is 16.6 Å². The summed E-state index contributed by atoms with van der Waals surface area (Å²) in [6.07, 6.45) is 6.60. The molecule has 0 spiro atoms. The SMILES string of the molecule is CC1=C(C(C)C)N=C[N+]1(C(=O)n1ccnc1)C(C)C. The van der Waals surface area contributed by atoms with Gasteiger partial charge in [-0.1, -0.05) is 13.8 Å². The second kappa shape index (κ2) is 4.74. The number of quaternary nitrogens is 1. The summed E-state index contributed by atoms with van der Waals surface area (Å²) in [5, 5.41) is 0. The second-order valence-corrected chi connectivity index (χ2v) is 5.49. The Morgan fingerprint density at radius 2 is 2.00 bits per heavy atom. The van der Waals surface area contributed by atoms with Crippen LogP contribution in [0.5, 0.6) is 0 Å². The summed E-state index contributed by atoms with van der Waals surface area (Å²) in [6.45, 7) is 10.3. The first-order valence-electron chi connectivity index (χ1n) is 6.59. The highest BCUT2D eigenvalue weighted by Crippen LogP contribution is 2.33. The van der Waals surface area contributed by atoms with Crippen molar-refractivity contribution >= 4 is 12.4 Å². The highest BCUT2D eigenvalue weighted by molar-refractivity contribution is 5.81. The molecule has 0 aliphatic carbocycles. The first kappa shape index (κ1) is 13.7. The predicted molar refractivity (Wildman–Crippen MR) is 74.4 cm³/mol. The van der Waals surface area contributed by atoms with Crippen LogP contribution in [0.25, 0.3) is 0 Å². The van der Waals surface area contributed by atoms with Crippen molar-refractivity contribution < 1.29 is 9.28 Å². The molecule has 1 atom stereocenters. The molecule has 0 saturated carbocycles. The number of amides is 1. The number of aromatic nitrogens is 2. The Morgan fingerprint density at radius 1 is 1.32 bits per heavy atom. The van der Waals surface area contributed by atoms with Crippen molar-refractivity contribution in [2.24, 2.45) is 10.9 Å². The van der Waals surface area contributed by atoms with Crippen LogP contribution in [0.1, 0.15) is 34.6 Å². The molecule has 5 nitrogen and oxygen atoms in total. The minimum atomic E-state index is -0.0376. The van der Waals surface area contributed by atoms with E-state index in [9.17, 15) is 4.79 Å². The number of imidazole rings is 1. The van der Waals surface area contributed by atoms with E-state index in [2.05, 4.69) is 23.8 Å². The molecule has 0 radical (unpaired) electrons. The first-order valence-corrected chi connectivity index (χ1v) is 6.59. The quantitative estimate of drug-likeness (QED) is 0.768. The summed E-state index contributed by atoms with van der Waals surface area (Å²) in [6, 6.07) is 0.0549. The van der Waals surface area contributed by atoms with Gasteiger partial charge in [-0.2, -0.15) is 4.48 Å². The van der Waals surface area contributed by atoms with Gasteiger partial charge in [0.05, 0.1) is 0 Å². The molecule has 1 amide bonds. The van der Waals surface area contributed by atoms with Crippen molar-refractivity contribution in [1.82, 2.24) is 9.55 Å². The van der Waals surface area contributed by atoms with Crippen molar-refractivity contribution in [1.29, 1.82) is 0 Å². The fourth-order valence-electron chi connectivity index (χ4n) is 2.59. The van der Waals surface area contributed by atoms with Gasteiger partial charge in [-0.25, -0.2) is 19.3 Å². The van der Waals surface area contributed by atoms with Crippen LogP contribution < -0.4 is 0 Å². The van der Waals surface area contributed by atoms with E-state index in [4.69, 9.17) is 0 Å². The van der Waals surface area contributed by atoms with Gasteiger partial charge in [0.15, 0.2) is 0 Å². The molecule has 0 N–H and O–H groups in total. The van der Waals surface area contributed by atoms with E-state index in [0.717, 1.165) is 11.4 Å². The number of carbonyl (C=O) groups is 1. The largest absolute Gasteiger partial charge is 0.439 e. The lowest BCUT2D eigenvalue weighted by molar-refractivity contribution is -0.732. The monoisotopic (exact) mass is 261 g/mol. The lowest BCUT2D eigenvalue weighted by Gasteiger charge is -2.32. The van der Waals surface area contributed by atoms with E-state index < -0.39 is 0 Å². The van der Waals surface area contributed by atoms with Crippen molar-refractivity contribution in [2.75, 3.05) is 0 Å². The maximum atomic E-state index is 12.8. The third-order valence-electron chi connectivity index (χ3n) is 3.71. The Balaban J connectivity index is 2.54. The van der Waals surface area contributed by atoms with Crippen LogP contribution in [0.4, 0.5) is 4.79 Å². The molecule has 2 heterocycles. The molecule has 1 aliphatic rings. The Labute approximate surface area is 113 Å². The number of carbonyl (C=O) groups excluding carboxylic acids is 1. The fraction of sp³-hybridized carbons (Fsp3) is 0.500. The number of aliphatic imine (C=N–C) groups is 1. The Kier molecular flexibility index (Phi) is 3.41. The summed E-state index contributed by atoms with van der Waals surface area (Å²) in [5.74, 6) is 0.311. The van der Waals surface area contributed by atoms with Gasteiger partial charge in [0.2, 0.25) is 6.34 Å². The average molecular weight is 261 g/mol. The molecule has 102 valence electrons. The number of allylic oxidation sites excluding steroid dienone is 2. The maximum Gasteiger partial charge on any atom is 0.439 e. The molecule has 0 bridgehead atoms. The fourth-order valence-corrected chi connectivity index (χ4v) is 2.59. The van der Waals surface area contributed by atoms with Crippen LogP contribution in [0.2, 0.25) is 0 Å². The van der Waals surface area contributed by atoms with Crippen molar-refractivity contribution in [2.45, 2.75) is 40.7 Å². The highest BCUT2D eigenvalue weighted by Gasteiger charge is 2.47. The first-order chi connectivity index (χ1) is 8.91. The van der Waals surface area contributed by atoms with E-state index in [1.54, 1.807) is 25.1 Å². The van der Waals surface area contributed by atoms with Gasteiger partial charge < -0.3 is 0 Å². The summed E-state index contributed by atoms with van der Waals surface area (Å²) in [5.41, 5.74) is 2.01. The molecular formula is C14H21N4O+. The number of hydrogen-bond acceptors (Lipinski definition) is 3. The molecule has 1 unspecified atom stereocenters. The zero-order valence-electron chi connectivity index (χ0n) is 12.2. The van der Waals surface area contributed by atoms with Crippen LogP contribution >= 0.6 is 0 Å². The van der Waals surface area contributed by atoms with Crippen LogP contribution in [0, 0.1) is 5.92 Å². The van der Waals surface area contributed by atoms with Gasteiger partial charge in [0.25, 0.3) is 0 Å². The molecule has 0 aromatic carbocycles. The Hall–Kier alpha value is -1.75. The molecule has 1 aromatic rings. The van der Waals surface area contributed by atoms with Crippen molar-refractivity contribution in [3.8, 4) is 0 Å². The van der Waals surface area contributed by atoms with Gasteiger partial charge in [0.1, 0.15) is 23.8 Å². The van der Waals surface area contributed by atoms with Crippen LogP contribution in [-0.2, 0) is 0 Å². The smallest absolute Gasteiger partial charge is 0.245 e. The predicted octanol–water partition coefficient (Wildman–Crippen LogP) is 3.01. The molecule has 0 fully saturated rings. The molecule has 5 heteroatoms. The zero-order chi connectivity index (χ0) is 14.2. The van der Waals surface area contributed by atoms with Crippen LogP contribution in [0.15, 0.2) is 35.1 Å². The van der Waals surface area contributed by atoms with Crippen molar-refractivity contribution in [3.63, 3.8) is 0 Å². The summed E-state index contributed by atoms with van der Waals surface area (Å²) < 4.78 is 1.67. The lowest BCUT2D eigenvalue weighted by atomic mass is 10.1. The van der Waals surface area contributed by atoms with Gasteiger partial charge in [-0.05, 0) is 13.8 Å². The second-order valence-electron chi connectivity index (χ2n) is 5.49. The summed E-state index contributed by atoms with van der Waals surface area (Å²) in [4.78, 5) is 21.3. The lowest BCUT2D eigenvalue weighted by Crippen LogP contribution is -2.55. The number of nitrogens with zero attached hydrogens (tertiary/aromatic N) is 4. The molecular weight excluding hydrogens is 240 g/mol. The third kappa shape index (κ3) is 1.94. The maximum absolute atomic E-state index is 12.8. The standard InChI is InChI=1S/C14H21N4O/c1-10(2)13-12(5)18(9-16-13,11(3)4)14(19)17-7-6-15-8-17/h6-11H,1-5H3/q+1. The summed E-state index contributed by atoms with van der Waals surface area (Å²) in [7, 11) is 0. The third-order valence-corrected chi connectivity index (χ3v) is 3.71. The average Bonchev–Trinajstić information content (AvgIpc) is 2.95. The van der Waals surface area contributed by atoms with E-state index in [1.165, 1.54) is 4.57 Å². The highest BCUT2D eigenvalue weighted by atomic mass is 16.2. The topological polar surface area (TPSA) is 47.2 Å². The molecule has 1 aliphatic heterocycles. The van der Waals surface area contributed by atoms with Gasteiger partial charge in [-0.3, -0.25) is 0 Å². The normalized spacial score (nSPS) is 22.9. The molecule has 2 rings (SSSR count). The van der Waals surface area contributed by atoms with E-state index >= 15 is 0 Å². The minimum absolute atomic E-state index is 0.0376. The Bertz CT molecular complexity index is 540. The number of rotatable bonds is 2. The van der Waals surface area contributed by atoms with Gasteiger partial charge in [-0.15, -0.1) is 0 Å². The number of hydrogen-bond donors (Lipinski definition) is 0.